The van der Waals surface area contributed by atoms with Gasteiger partial charge in [0.1, 0.15) is 5.56 Å². The lowest BCUT2D eigenvalue weighted by Crippen LogP contribution is -2.32. The van der Waals surface area contributed by atoms with Crippen LogP contribution >= 0.6 is 0 Å². The summed E-state index contributed by atoms with van der Waals surface area (Å²) >= 11 is 0. The number of carbonyl (C=O) groups excluding carboxylic acids is 1. The average Bonchev–Trinajstić information content (AvgIpc) is 3.49. The molecule has 3 atom stereocenters. The minimum Gasteiger partial charge on any atom is -0.381 e. The largest absolute Gasteiger partial charge is 0.381 e. The van der Waals surface area contributed by atoms with Crippen molar-refractivity contribution in [1.29, 1.82) is 0 Å². The Kier molecular flexibility index (Phi) is 6.47. The van der Waals surface area contributed by atoms with E-state index in [1.54, 1.807) is 23.0 Å². The second-order valence-corrected chi connectivity index (χ2v) is 10.0. The van der Waals surface area contributed by atoms with Gasteiger partial charge < -0.3 is 11.1 Å². The fraction of sp³-hybridized carbons (Fsp3) is 0.194. The van der Waals surface area contributed by atoms with Gasteiger partial charge in [0.15, 0.2) is 11.5 Å². The van der Waals surface area contributed by atoms with E-state index < -0.39 is 11.9 Å². The van der Waals surface area contributed by atoms with Crippen molar-refractivity contribution in [1.82, 2.24) is 29.5 Å². The first kappa shape index (κ1) is 25.8. The first-order chi connectivity index (χ1) is 19.8. The summed E-state index contributed by atoms with van der Waals surface area (Å²) in [7, 11) is 1.92. The molecule has 1 aliphatic heterocycles. The Balaban J connectivity index is 1.46. The third-order valence-corrected chi connectivity index (χ3v) is 7.42. The van der Waals surface area contributed by atoms with Crippen LogP contribution in [0.1, 0.15) is 41.5 Å². The molecule has 41 heavy (non-hydrogen) atoms. The van der Waals surface area contributed by atoms with Gasteiger partial charge in [-0.1, -0.05) is 42.2 Å². The van der Waals surface area contributed by atoms with E-state index in [1.807, 2.05) is 79.8 Å². The summed E-state index contributed by atoms with van der Waals surface area (Å²) in [6, 6.07) is 18.2. The normalized spacial score (nSPS) is 17.0. The summed E-state index contributed by atoms with van der Waals surface area (Å²) in [4.78, 5) is 31.9. The Morgan fingerprint density at radius 3 is 2.68 bits per heavy atom. The molecule has 0 saturated carbocycles. The molecule has 3 unspecified atom stereocenters. The molecular weight excluding hydrogens is 516 g/mol. The molecular formula is C31H28N8O2. The zero-order valence-electron chi connectivity index (χ0n) is 22.8. The number of fused-ring (bicyclic) bond motifs is 2. The highest BCUT2D eigenvalue weighted by Crippen LogP contribution is 2.25. The average molecular weight is 545 g/mol. The molecule has 6 rings (SSSR count). The lowest BCUT2D eigenvalue weighted by Gasteiger charge is -2.21. The Morgan fingerprint density at radius 2 is 1.93 bits per heavy atom. The van der Waals surface area contributed by atoms with E-state index in [0.717, 1.165) is 5.39 Å². The first-order valence-electron chi connectivity index (χ1n) is 13.3. The maximum absolute atomic E-state index is 14.2. The molecule has 0 radical (unpaired) electrons. The molecule has 4 heterocycles. The number of aromatic nitrogens is 4. The number of nitrogens with one attached hydrogen (secondary N) is 1. The molecule has 3 aromatic heterocycles. The van der Waals surface area contributed by atoms with Crippen molar-refractivity contribution in [2.45, 2.75) is 25.9 Å². The number of amides is 1. The number of benzene rings is 2. The van der Waals surface area contributed by atoms with Crippen molar-refractivity contribution in [3.63, 3.8) is 0 Å². The number of rotatable bonds is 4. The monoisotopic (exact) mass is 544 g/mol. The third-order valence-electron chi connectivity index (χ3n) is 7.42. The molecule has 204 valence electrons. The predicted octanol–water partition coefficient (Wildman–Crippen LogP) is 3.39. The maximum Gasteiger partial charge on any atom is 0.264 e. The molecule has 2 aromatic carbocycles. The number of carbonyl (C=O) groups is 1. The Labute approximate surface area is 236 Å². The van der Waals surface area contributed by atoms with Gasteiger partial charge in [0.25, 0.3) is 11.5 Å². The number of nitrogens with zero attached hydrogens (tertiary/aromatic N) is 6. The zero-order chi connectivity index (χ0) is 28.7. The van der Waals surface area contributed by atoms with Crippen LogP contribution in [0, 0.1) is 17.8 Å². The van der Waals surface area contributed by atoms with Crippen LogP contribution < -0.4 is 16.6 Å². The van der Waals surface area contributed by atoms with E-state index in [9.17, 15) is 9.59 Å². The highest BCUT2D eigenvalue weighted by molar-refractivity contribution is 6.04. The number of nitrogens with two attached hydrogens (primary N) is 1. The fourth-order valence-electron chi connectivity index (χ4n) is 5.07. The molecule has 0 saturated heterocycles. The number of hydrazone groups is 1. The molecule has 10 nitrogen and oxygen atoms in total. The zero-order valence-corrected chi connectivity index (χ0v) is 22.8. The lowest BCUT2D eigenvalue weighted by atomic mass is 10.0. The first-order valence-corrected chi connectivity index (χ1v) is 13.3. The van der Waals surface area contributed by atoms with E-state index in [1.165, 1.54) is 4.52 Å². The van der Waals surface area contributed by atoms with E-state index in [-0.39, 0.29) is 28.9 Å². The topological polar surface area (TPSA) is 123 Å². The van der Waals surface area contributed by atoms with Gasteiger partial charge in [0, 0.05) is 42.6 Å². The van der Waals surface area contributed by atoms with Crippen molar-refractivity contribution in [3.05, 3.63) is 100 Å². The molecule has 10 heteroatoms. The third kappa shape index (κ3) is 4.57. The summed E-state index contributed by atoms with van der Waals surface area (Å²) in [5.74, 6) is 6.12. The van der Waals surface area contributed by atoms with Crippen LogP contribution in [-0.2, 0) is 0 Å². The summed E-state index contributed by atoms with van der Waals surface area (Å²) in [5.41, 5.74) is 8.31. The summed E-state index contributed by atoms with van der Waals surface area (Å²) in [5, 5.41) is 14.6. The van der Waals surface area contributed by atoms with Crippen molar-refractivity contribution in [3.8, 4) is 17.5 Å². The molecule has 1 amide bonds. The standard InChI is InChI=1S/C31H28N8O2/c1-19(35-30(40)27-28(32)36-38-16-8-15-33-29(27)38)25-17-22-10-7-9-21(13-14-23-18-34-37(3)20(23)2)26(22)31(41)39(25)24-11-5-4-6-12-24/h4-12,15-20,23H,1-3H3,(H2,32,36)(H,35,40). The van der Waals surface area contributed by atoms with Crippen LogP contribution in [-0.4, -0.2) is 49.4 Å². The second kappa shape index (κ2) is 10.3. The maximum atomic E-state index is 14.2. The number of nitrogen functional groups attached to an aromatic ring is 1. The number of hydrogen-bond acceptors (Lipinski definition) is 7. The van der Waals surface area contributed by atoms with Gasteiger partial charge in [-0.25, -0.2) is 9.50 Å². The van der Waals surface area contributed by atoms with Crippen LogP contribution in [0.3, 0.4) is 0 Å². The lowest BCUT2D eigenvalue weighted by molar-refractivity contribution is 0.0941. The van der Waals surface area contributed by atoms with Gasteiger partial charge >= 0.3 is 0 Å². The Hall–Kier alpha value is -5.43. The second-order valence-electron chi connectivity index (χ2n) is 10.0. The Bertz CT molecular complexity index is 1950. The number of anilines is 1. The minimum atomic E-state index is -0.571. The van der Waals surface area contributed by atoms with Gasteiger partial charge in [-0.15, -0.1) is 5.10 Å². The number of pyridine rings is 1. The SMILES string of the molecule is CC(NC(=O)c1c(N)nn2cccnc12)c1cc2cccc(C#CC3C=NN(C)C3C)c2c(=O)n1-c1ccccc1. The highest BCUT2D eigenvalue weighted by atomic mass is 16.2. The molecule has 0 fully saturated rings. The smallest absolute Gasteiger partial charge is 0.264 e. The van der Waals surface area contributed by atoms with E-state index in [0.29, 0.717) is 28.0 Å². The number of para-hydroxylation sites is 1. The van der Waals surface area contributed by atoms with Gasteiger partial charge in [-0.2, -0.15) is 5.10 Å². The van der Waals surface area contributed by atoms with Crippen LogP contribution in [0.15, 0.2) is 83.0 Å². The molecule has 0 aliphatic carbocycles. The van der Waals surface area contributed by atoms with Crippen LogP contribution in [0.5, 0.6) is 0 Å². The van der Waals surface area contributed by atoms with Crippen LogP contribution in [0.25, 0.3) is 22.1 Å². The van der Waals surface area contributed by atoms with Gasteiger partial charge in [-0.05, 0) is 49.6 Å². The molecule has 0 bridgehead atoms. The fourth-order valence-corrected chi connectivity index (χ4v) is 5.07. The van der Waals surface area contributed by atoms with E-state index in [4.69, 9.17) is 5.73 Å². The van der Waals surface area contributed by atoms with Crippen LogP contribution in [0.4, 0.5) is 5.82 Å². The minimum absolute atomic E-state index is 0.0389. The molecule has 0 spiro atoms. The van der Waals surface area contributed by atoms with Gasteiger partial charge in [-0.3, -0.25) is 19.2 Å². The van der Waals surface area contributed by atoms with Crippen molar-refractivity contribution in [2.24, 2.45) is 11.0 Å². The van der Waals surface area contributed by atoms with Gasteiger partial charge in [0.05, 0.1) is 23.4 Å². The highest BCUT2D eigenvalue weighted by Gasteiger charge is 2.25. The van der Waals surface area contributed by atoms with Crippen LogP contribution in [0.2, 0.25) is 0 Å². The molecule has 5 aromatic rings. The Morgan fingerprint density at radius 1 is 1.12 bits per heavy atom. The quantitative estimate of drug-likeness (QED) is 0.335. The van der Waals surface area contributed by atoms with Crippen molar-refractivity contribution < 1.29 is 4.79 Å². The molecule has 3 N–H and O–H groups in total. The summed E-state index contributed by atoms with van der Waals surface area (Å²) < 4.78 is 3.09. The molecule has 1 aliphatic rings. The summed E-state index contributed by atoms with van der Waals surface area (Å²) in [6.07, 6.45) is 5.08. The predicted molar refractivity (Wildman–Crippen MR) is 159 cm³/mol. The van der Waals surface area contributed by atoms with Gasteiger partial charge in [0.2, 0.25) is 0 Å². The van der Waals surface area contributed by atoms with E-state index >= 15 is 0 Å². The van der Waals surface area contributed by atoms with Crippen molar-refractivity contribution >= 4 is 34.4 Å². The van der Waals surface area contributed by atoms with E-state index in [2.05, 4.69) is 39.3 Å². The van der Waals surface area contributed by atoms with Crippen molar-refractivity contribution in [2.75, 3.05) is 12.8 Å². The number of hydrogen-bond donors (Lipinski definition) is 2. The summed E-state index contributed by atoms with van der Waals surface area (Å²) in [6.45, 7) is 3.89.